The summed E-state index contributed by atoms with van der Waals surface area (Å²) in [5.74, 6) is 0.486. The molecule has 3 heterocycles. The van der Waals surface area contributed by atoms with Gasteiger partial charge in [-0.25, -0.2) is 0 Å². The second-order valence-corrected chi connectivity index (χ2v) is 7.42. The van der Waals surface area contributed by atoms with Crippen LogP contribution in [-0.4, -0.2) is 54.5 Å². The lowest BCUT2D eigenvalue weighted by atomic mass is 9.98. The van der Waals surface area contributed by atoms with E-state index in [2.05, 4.69) is 5.32 Å². The van der Waals surface area contributed by atoms with Gasteiger partial charge in [-0.1, -0.05) is 12.1 Å². The Bertz CT molecular complexity index is 680. The molecule has 25 heavy (non-hydrogen) atoms. The fourth-order valence-corrected chi connectivity index (χ4v) is 4.32. The first kappa shape index (κ1) is 16.4. The first-order valence-electron chi connectivity index (χ1n) is 9.11. The lowest BCUT2D eigenvalue weighted by molar-refractivity contribution is -0.134. The molecule has 3 aliphatic heterocycles. The highest BCUT2D eigenvalue weighted by Gasteiger charge is 2.38. The highest BCUT2D eigenvalue weighted by Crippen LogP contribution is 2.34. The predicted octanol–water partition coefficient (Wildman–Crippen LogP) is 1.54. The van der Waals surface area contributed by atoms with Crippen molar-refractivity contribution in [2.24, 2.45) is 0 Å². The van der Waals surface area contributed by atoms with E-state index in [1.807, 2.05) is 36.2 Å². The zero-order chi connectivity index (χ0) is 17.6. The van der Waals surface area contributed by atoms with Gasteiger partial charge in [-0.3, -0.25) is 14.5 Å². The predicted molar refractivity (Wildman–Crippen MR) is 94.6 cm³/mol. The number of nitrogens with one attached hydrogen (secondary N) is 1. The maximum atomic E-state index is 12.9. The Kier molecular flexibility index (Phi) is 4.15. The first-order chi connectivity index (χ1) is 12.0. The van der Waals surface area contributed by atoms with Crippen molar-refractivity contribution < 1.29 is 14.3 Å². The van der Waals surface area contributed by atoms with Crippen LogP contribution in [0.25, 0.3) is 0 Å². The molecule has 0 aliphatic carbocycles. The van der Waals surface area contributed by atoms with Crippen LogP contribution in [0.5, 0.6) is 5.75 Å². The summed E-state index contributed by atoms with van der Waals surface area (Å²) in [5, 5.41) is 3.60. The molecule has 2 saturated heterocycles. The number of hydrogen-bond acceptors (Lipinski definition) is 4. The maximum absolute atomic E-state index is 12.9. The quantitative estimate of drug-likeness (QED) is 0.904. The van der Waals surface area contributed by atoms with Crippen LogP contribution in [0.1, 0.15) is 32.6 Å². The SMILES string of the molecule is CC1Oc2ccccc2N(CC(=O)N(C)C2CC3CCC(C2)N3)C1=O. The van der Waals surface area contributed by atoms with Crippen LogP contribution in [0.15, 0.2) is 24.3 Å². The minimum atomic E-state index is -0.567. The summed E-state index contributed by atoms with van der Waals surface area (Å²) in [7, 11) is 1.87. The Morgan fingerprint density at radius 2 is 1.96 bits per heavy atom. The molecule has 3 unspecified atom stereocenters. The molecule has 0 spiro atoms. The van der Waals surface area contributed by atoms with Gasteiger partial charge in [0.25, 0.3) is 5.91 Å². The van der Waals surface area contributed by atoms with Crippen LogP contribution in [-0.2, 0) is 9.59 Å². The number of carbonyl (C=O) groups excluding carboxylic acids is 2. The van der Waals surface area contributed by atoms with Gasteiger partial charge in [0.1, 0.15) is 12.3 Å². The maximum Gasteiger partial charge on any atom is 0.268 e. The highest BCUT2D eigenvalue weighted by atomic mass is 16.5. The summed E-state index contributed by atoms with van der Waals surface area (Å²) in [6.07, 6.45) is 3.85. The summed E-state index contributed by atoms with van der Waals surface area (Å²) in [5.41, 5.74) is 0.678. The van der Waals surface area contributed by atoms with Crippen molar-refractivity contribution in [2.45, 2.75) is 56.8 Å². The average molecular weight is 343 g/mol. The van der Waals surface area contributed by atoms with Gasteiger partial charge in [0.15, 0.2) is 6.10 Å². The molecule has 0 radical (unpaired) electrons. The molecule has 1 N–H and O–H groups in total. The summed E-state index contributed by atoms with van der Waals surface area (Å²) in [6, 6.07) is 8.72. The van der Waals surface area contributed by atoms with Gasteiger partial charge in [-0.2, -0.15) is 0 Å². The Morgan fingerprint density at radius 3 is 2.68 bits per heavy atom. The van der Waals surface area contributed by atoms with E-state index >= 15 is 0 Å². The van der Waals surface area contributed by atoms with Gasteiger partial charge in [0.2, 0.25) is 5.91 Å². The Balaban J connectivity index is 1.49. The number of para-hydroxylation sites is 2. The van der Waals surface area contributed by atoms with Gasteiger partial charge in [0, 0.05) is 25.2 Å². The molecule has 3 atom stereocenters. The molecule has 6 heteroatoms. The summed E-state index contributed by atoms with van der Waals surface area (Å²) >= 11 is 0. The third kappa shape index (κ3) is 2.99. The minimum Gasteiger partial charge on any atom is -0.479 e. The molecule has 2 bridgehead atoms. The van der Waals surface area contributed by atoms with Crippen LogP contribution in [0.4, 0.5) is 5.69 Å². The zero-order valence-corrected chi connectivity index (χ0v) is 14.8. The average Bonchev–Trinajstić information content (AvgIpc) is 2.96. The topological polar surface area (TPSA) is 61.9 Å². The molecule has 0 aromatic heterocycles. The lowest BCUT2D eigenvalue weighted by Gasteiger charge is -2.38. The number of ether oxygens (including phenoxy) is 1. The number of piperidine rings is 1. The number of amides is 2. The van der Waals surface area contributed by atoms with E-state index in [9.17, 15) is 9.59 Å². The van der Waals surface area contributed by atoms with Gasteiger partial charge in [-0.15, -0.1) is 0 Å². The molecule has 6 nitrogen and oxygen atoms in total. The lowest BCUT2D eigenvalue weighted by Crippen LogP contribution is -2.53. The minimum absolute atomic E-state index is 0.0106. The largest absolute Gasteiger partial charge is 0.479 e. The van der Waals surface area contributed by atoms with Gasteiger partial charge in [0.05, 0.1) is 5.69 Å². The first-order valence-corrected chi connectivity index (χ1v) is 9.11. The van der Waals surface area contributed by atoms with E-state index in [0.717, 1.165) is 12.8 Å². The fourth-order valence-electron chi connectivity index (χ4n) is 4.32. The number of rotatable bonds is 3. The number of nitrogens with zero attached hydrogens (tertiary/aromatic N) is 2. The van der Waals surface area contributed by atoms with Gasteiger partial charge >= 0.3 is 0 Å². The molecule has 0 saturated carbocycles. The van der Waals surface area contributed by atoms with Crippen molar-refractivity contribution >= 4 is 17.5 Å². The standard InChI is InChI=1S/C19H25N3O3/c1-12-19(24)22(16-5-3-4-6-17(16)25-12)11-18(23)21(2)15-9-13-7-8-14(10-15)20-13/h3-6,12-15,20H,7-11H2,1-2H3. The van der Waals surface area contributed by atoms with E-state index in [-0.39, 0.29) is 24.4 Å². The Hall–Kier alpha value is -2.08. The number of benzene rings is 1. The number of anilines is 1. The smallest absolute Gasteiger partial charge is 0.268 e. The van der Waals surface area contributed by atoms with Crippen molar-refractivity contribution in [3.05, 3.63) is 24.3 Å². The van der Waals surface area contributed by atoms with E-state index < -0.39 is 6.10 Å². The third-order valence-corrected chi connectivity index (χ3v) is 5.76. The summed E-state index contributed by atoms with van der Waals surface area (Å²) in [4.78, 5) is 28.9. The third-order valence-electron chi connectivity index (χ3n) is 5.76. The van der Waals surface area contributed by atoms with Crippen molar-refractivity contribution in [3.8, 4) is 5.75 Å². The number of fused-ring (bicyclic) bond motifs is 3. The van der Waals surface area contributed by atoms with Crippen LogP contribution in [0.2, 0.25) is 0 Å². The molecular formula is C19H25N3O3. The Labute approximate surface area is 148 Å². The Morgan fingerprint density at radius 1 is 1.28 bits per heavy atom. The van der Waals surface area contributed by atoms with Crippen LogP contribution in [0, 0.1) is 0 Å². The van der Waals surface area contributed by atoms with E-state index in [1.165, 1.54) is 12.8 Å². The van der Waals surface area contributed by atoms with Crippen LogP contribution < -0.4 is 15.0 Å². The number of carbonyl (C=O) groups is 2. The summed E-state index contributed by atoms with van der Waals surface area (Å²) < 4.78 is 5.64. The highest BCUT2D eigenvalue weighted by molar-refractivity contribution is 6.03. The van der Waals surface area contributed by atoms with Crippen LogP contribution in [0.3, 0.4) is 0 Å². The second-order valence-electron chi connectivity index (χ2n) is 7.42. The van der Waals surface area contributed by atoms with Crippen LogP contribution >= 0.6 is 0 Å². The molecule has 2 amide bonds. The molecule has 1 aromatic carbocycles. The van der Waals surface area contributed by atoms with Crippen molar-refractivity contribution in [2.75, 3.05) is 18.5 Å². The van der Waals surface area contributed by atoms with E-state index in [0.29, 0.717) is 23.5 Å². The van der Waals surface area contributed by atoms with Crippen molar-refractivity contribution in [3.63, 3.8) is 0 Å². The van der Waals surface area contributed by atoms with Crippen molar-refractivity contribution in [1.29, 1.82) is 0 Å². The zero-order valence-electron chi connectivity index (χ0n) is 14.8. The molecule has 1 aromatic rings. The number of hydrogen-bond donors (Lipinski definition) is 1. The molecule has 4 rings (SSSR count). The normalized spacial score (nSPS) is 30.6. The molecule has 2 fully saturated rings. The summed E-state index contributed by atoms with van der Waals surface area (Å²) in [6.45, 7) is 1.79. The molecular weight excluding hydrogens is 318 g/mol. The second kappa shape index (κ2) is 6.33. The van der Waals surface area contributed by atoms with E-state index in [4.69, 9.17) is 4.74 Å². The van der Waals surface area contributed by atoms with Gasteiger partial charge < -0.3 is 15.0 Å². The molecule has 134 valence electrons. The molecule has 3 aliphatic rings. The van der Waals surface area contributed by atoms with Gasteiger partial charge in [-0.05, 0) is 44.7 Å². The fraction of sp³-hybridized carbons (Fsp3) is 0.579. The van der Waals surface area contributed by atoms with Crippen molar-refractivity contribution in [1.82, 2.24) is 10.2 Å². The number of likely N-dealkylation sites (N-methyl/N-ethyl adjacent to an activating group) is 1. The monoisotopic (exact) mass is 343 g/mol. The van der Waals surface area contributed by atoms with E-state index in [1.54, 1.807) is 11.8 Å².